The van der Waals surface area contributed by atoms with Crippen LogP contribution in [0.1, 0.15) is 0 Å². The van der Waals surface area contributed by atoms with E-state index in [-0.39, 0.29) is 0 Å². The smallest absolute Gasteiger partial charge is 0.449 e. The summed E-state index contributed by atoms with van der Waals surface area (Å²) in [5.41, 5.74) is 0. The van der Waals surface area contributed by atoms with Gasteiger partial charge in [-0.3, -0.25) is 0 Å². The minimum atomic E-state index is -4.62. The Morgan fingerprint density at radius 3 is 1.92 bits per heavy atom. The molecule has 0 aromatic rings. The summed E-state index contributed by atoms with van der Waals surface area (Å²) < 4.78 is 35.1. The lowest BCUT2D eigenvalue weighted by Crippen LogP contribution is -2.17. The Bertz CT molecular complexity index is 139. The summed E-state index contributed by atoms with van der Waals surface area (Å²) in [6.07, 6.45) is 2.18. The first-order valence-corrected chi connectivity index (χ1v) is 7.77. The maximum absolute atomic E-state index is 11.7. The van der Waals surface area contributed by atoms with E-state index in [1.165, 1.54) is 6.08 Å². The molecular weight excluding hydrogens is 180 g/mol. The maximum atomic E-state index is 11.7. The fourth-order valence-electron chi connectivity index (χ4n) is 0.687. The predicted octanol–water partition coefficient (Wildman–Crippen LogP) is 3.73. The molecule has 72 valence electrons. The summed E-state index contributed by atoms with van der Waals surface area (Å²) in [6, 6.07) is 0.832. The molecule has 0 radical (unpaired) electrons. The Labute approximate surface area is 72.9 Å². The molecule has 0 aliphatic heterocycles. The van der Waals surface area contributed by atoms with Gasteiger partial charge in [0.05, 0.1) is 0 Å². The van der Waals surface area contributed by atoms with Crippen LogP contribution in [0.3, 0.4) is 0 Å². The average Bonchev–Trinajstić information content (AvgIpc) is 1.76. The summed E-state index contributed by atoms with van der Waals surface area (Å²) in [5, 5.41) is 0. The third-order valence-electron chi connectivity index (χ3n) is 1.30. The van der Waals surface area contributed by atoms with E-state index < -0.39 is 21.4 Å². The molecule has 0 aliphatic carbocycles. The van der Waals surface area contributed by atoms with Crippen LogP contribution in [0, 0.1) is 0 Å². The van der Waals surface area contributed by atoms with E-state index in [2.05, 4.69) is 19.6 Å². The largest absolute Gasteiger partial charge is 0.482 e. The van der Waals surface area contributed by atoms with Crippen LogP contribution in [-0.4, -0.2) is 15.1 Å². The van der Waals surface area contributed by atoms with Gasteiger partial charge in [0.1, 0.15) is 0 Å². The second kappa shape index (κ2) is 4.16. The molecule has 0 saturated heterocycles. The second-order valence-corrected chi connectivity index (χ2v) is 9.71. The third kappa shape index (κ3) is 9.81. The number of hydrogen-bond donors (Lipinski definition) is 0. The lowest BCUT2D eigenvalue weighted by Gasteiger charge is -2.13. The van der Waals surface area contributed by atoms with E-state index in [9.17, 15) is 12.9 Å². The molecule has 0 saturated carbocycles. The molecule has 0 atom stereocenters. The van der Waals surface area contributed by atoms with E-state index in [1.807, 2.05) is 0 Å². The van der Waals surface area contributed by atoms with Crippen molar-refractivity contribution < 1.29 is 12.9 Å². The van der Waals surface area contributed by atoms with Crippen LogP contribution >= 0.6 is 0 Å². The zero-order chi connectivity index (χ0) is 9.83. The van der Waals surface area contributed by atoms with Crippen molar-refractivity contribution in [3.63, 3.8) is 0 Å². The van der Waals surface area contributed by atoms with Crippen LogP contribution in [0.15, 0.2) is 12.2 Å². The molecule has 0 nitrogen and oxygen atoms in total. The summed E-state index contributed by atoms with van der Waals surface area (Å²) in [7, 11) is -1.20. The van der Waals surface area contributed by atoms with Crippen LogP contribution in [0.2, 0.25) is 32.0 Å². The zero-order valence-corrected chi connectivity index (χ0v) is 8.78. The van der Waals surface area contributed by atoms with Crippen molar-refractivity contribution in [3.05, 3.63) is 12.2 Å². The third-order valence-corrected chi connectivity index (χ3v) is 2.76. The van der Waals surface area contributed by atoms with Crippen molar-refractivity contribution in [2.24, 2.45) is 0 Å². The number of rotatable bonds is 4. The van der Waals surface area contributed by atoms with E-state index in [4.69, 9.17) is 0 Å². The fraction of sp³-hybridized carbons (Fsp3) is 0.714. The zero-order valence-electron chi connectivity index (χ0n) is 7.78. The maximum Gasteiger partial charge on any atom is 0.482 e. The highest BCUT2D eigenvalue weighted by molar-refractivity contribution is 6.76. The van der Waals surface area contributed by atoms with Gasteiger partial charge in [0, 0.05) is 8.07 Å². The first-order valence-electron chi connectivity index (χ1n) is 4.07. The SMILES string of the molecule is C[Si](C)(C)C/C=C/C[B-](F)(F)F. The summed E-state index contributed by atoms with van der Waals surface area (Å²) in [6.45, 7) is 1.78. The van der Waals surface area contributed by atoms with Crippen LogP contribution < -0.4 is 0 Å². The Morgan fingerprint density at radius 1 is 1.08 bits per heavy atom. The molecule has 0 amide bonds. The molecule has 0 N–H and O–H groups in total. The molecule has 0 unspecified atom stereocenters. The van der Waals surface area contributed by atoms with Crippen LogP contribution in [0.4, 0.5) is 12.9 Å². The molecule has 0 bridgehead atoms. The van der Waals surface area contributed by atoms with E-state index >= 15 is 0 Å². The number of allylic oxidation sites excluding steroid dienone is 2. The first kappa shape index (κ1) is 11.8. The van der Waals surface area contributed by atoms with E-state index in [1.54, 1.807) is 6.08 Å². The first-order chi connectivity index (χ1) is 5.21. The van der Waals surface area contributed by atoms with E-state index in [0.717, 1.165) is 6.04 Å². The Balaban J connectivity index is 3.66. The fourth-order valence-corrected chi connectivity index (χ4v) is 1.56. The van der Waals surface area contributed by atoms with Gasteiger partial charge in [-0.25, -0.2) is 0 Å². The molecule has 5 heteroatoms. The van der Waals surface area contributed by atoms with Crippen molar-refractivity contribution >= 4 is 15.1 Å². The topological polar surface area (TPSA) is 0 Å². The van der Waals surface area contributed by atoms with Crippen molar-refractivity contribution in [1.29, 1.82) is 0 Å². The standard InChI is InChI=1S/C7H15BF3Si/c1-12(2,3)7-5-4-6-8(9,10)11/h4-5H,6-7H2,1-3H3/q-1/b5-4+. The van der Waals surface area contributed by atoms with Gasteiger partial charge < -0.3 is 12.9 Å². The number of halogens is 3. The second-order valence-electron chi connectivity index (χ2n) is 4.18. The predicted molar refractivity (Wildman–Crippen MR) is 51.2 cm³/mol. The monoisotopic (exact) mass is 195 g/mol. The lowest BCUT2D eigenvalue weighted by molar-refractivity contribution is 0.478. The Hall–Kier alpha value is -0.188. The minimum absolute atomic E-state index is 0.732. The van der Waals surface area contributed by atoms with Gasteiger partial charge in [0.2, 0.25) is 0 Å². The van der Waals surface area contributed by atoms with Gasteiger partial charge in [-0.05, 0) is 6.04 Å². The van der Waals surface area contributed by atoms with Crippen molar-refractivity contribution in [2.75, 3.05) is 0 Å². The van der Waals surface area contributed by atoms with Gasteiger partial charge in [-0.1, -0.05) is 32.0 Å². The molecular formula is C7H15BF3Si-. The Morgan fingerprint density at radius 2 is 1.58 bits per heavy atom. The van der Waals surface area contributed by atoms with Crippen LogP contribution in [-0.2, 0) is 0 Å². The van der Waals surface area contributed by atoms with Gasteiger partial charge in [-0.15, -0.1) is 6.08 Å². The molecule has 0 heterocycles. The normalized spacial score (nSPS) is 14.2. The van der Waals surface area contributed by atoms with Gasteiger partial charge in [-0.2, -0.15) is 0 Å². The highest BCUT2D eigenvalue weighted by Gasteiger charge is 2.20. The highest BCUT2D eigenvalue weighted by atomic mass is 28.3. The molecule has 0 spiro atoms. The van der Waals surface area contributed by atoms with Crippen molar-refractivity contribution in [3.8, 4) is 0 Å². The van der Waals surface area contributed by atoms with Crippen LogP contribution in [0.25, 0.3) is 0 Å². The van der Waals surface area contributed by atoms with Crippen LogP contribution in [0.5, 0.6) is 0 Å². The van der Waals surface area contributed by atoms with Crippen molar-refractivity contribution in [2.45, 2.75) is 32.0 Å². The van der Waals surface area contributed by atoms with Gasteiger partial charge >= 0.3 is 6.98 Å². The average molecular weight is 195 g/mol. The minimum Gasteiger partial charge on any atom is -0.449 e. The molecule has 12 heavy (non-hydrogen) atoms. The quantitative estimate of drug-likeness (QED) is 0.473. The van der Waals surface area contributed by atoms with Gasteiger partial charge in [0.25, 0.3) is 0 Å². The number of hydrogen-bond acceptors (Lipinski definition) is 0. The highest BCUT2D eigenvalue weighted by Crippen LogP contribution is 2.16. The van der Waals surface area contributed by atoms with Crippen molar-refractivity contribution in [1.82, 2.24) is 0 Å². The van der Waals surface area contributed by atoms with E-state index in [0.29, 0.717) is 0 Å². The molecule has 0 fully saturated rings. The summed E-state index contributed by atoms with van der Waals surface area (Å²) >= 11 is 0. The lowest BCUT2D eigenvalue weighted by atomic mass is 9.86. The van der Waals surface area contributed by atoms with Gasteiger partial charge in [0.15, 0.2) is 0 Å². The molecule has 0 aromatic heterocycles. The molecule has 0 aliphatic rings. The summed E-state index contributed by atoms with van der Waals surface area (Å²) in [4.78, 5) is 0. The molecule has 0 rings (SSSR count). The molecule has 0 aromatic carbocycles. The summed E-state index contributed by atoms with van der Waals surface area (Å²) in [5.74, 6) is 0. The Kier molecular flexibility index (Phi) is 4.10.